The average Bonchev–Trinajstić information content (AvgIpc) is 2.92. The molecule has 0 bridgehead atoms. The summed E-state index contributed by atoms with van der Waals surface area (Å²) in [6.07, 6.45) is 0. The van der Waals surface area contributed by atoms with Gasteiger partial charge in [-0.25, -0.2) is 8.42 Å². The van der Waals surface area contributed by atoms with E-state index < -0.39 is 15.9 Å². The standard InChI is InChI=1S/C29H26Cl2N2O4S/c1-21-10-16-24(17-11-21)38(35,36)33(20-22-12-14-23(30)15-13-22)27-8-4-2-6-25(27)29(34)32-18-19-37-28-9-5-3-7-26(28)31/h2-17H,18-20H2,1H3,(H,32,34). The van der Waals surface area contributed by atoms with Gasteiger partial charge in [0.1, 0.15) is 12.4 Å². The van der Waals surface area contributed by atoms with Crippen LogP contribution in [0.5, 0.6) is 5.75 Å². The maximum atomic E-state index is 13.9. The molecule has 0 unspecified atom stereocenters. The van der Waals surface area contributed by atoms with Crippen molar-refractivity contribution in [2.45, 2.75) is 18.4 Å². The van der Waals surface area contributed by atoms with Crippen LogP contribution in [0, 0.1) is 6.92 Å². The van der Waals surface area contributed by atoms with Gasteiger partial charge in [0.15, 0.2) is 0 Å². The Morgan fingerprint density at radius 2 is 1.53 bits per heavy atom. The largest absolute Gasteiger partial charge is 0.490 e. The molecular formula is C29H26Cl2N2O4S. The number of nitrogens with one attached hydrogen (secondary N) is 1. The minimum atomic E-state index is -4.02. The number of halogens is 2. The first-order chi connectivity index (χ1) is 18.3. The van der Waals surface area contributed by atoms with Gasteiger partial charge in [-0.3, -0.25) is 9.10 Å². The van der Waals surface area contributed by atoms with E-state index in [-0.39, 0.29) is 35.8 Å². The van der Waals surface area contributed by atoms with Gasteiger partial charge in [0, 0.05) is 5.02 Å². The molecule has 0 aromatic heterocycles. The fourth-order valence-corrected chi connectivity index (χ4v) is 5.55. The first-order valence-corrected chi connectivity index (χ1v) is 14.0. The van der Waals surface area contributed by atoms with E-state index in [4.69, 9.17) is 27.9 Å². The van der Waals surface area contributed by atoms with E-state index in [1.54, 1.807) is 97.1 Å². The fourth-order valence-electron chi connectivity index (χ4n) is 3.76. The minimum absolute atomic E-state index is 0.00723. The molecule has 9 heteroatoms. The Morgan fingerprint density at radius 3 is 2.24 bits per heavy atom. The van der Waals surface area contributed by atoms with Crippen LogP contribution >= 0.6 is 23.2 Å². The van der Waals surface area contributed by atoms with E-state index in [0.29, 0.717) is 21.4 Å². The molecule has 4 aromatic rings. The predicted molar refractivity (Wildman–Crippen MR) is 152 cm³/mol. The van der Waals surface area contributed by atoms with Crippen LogP contribution in [0.1, 0.15) is 21.5 Å². The SMILES string of the molecule is Cc1ccc(S(=O)(=O)N(Cc2ccc(Cl)cc2)c2ccccc2C(=O)NCCOc2ccccc2Cl)cc1. The molecule has 0 saturated heterocycles. The lowest BCUT2D eigenvalue weighted by Crippen LogP contribution is -2.34. The molecule has 0 fully saturated rings. The van der Waals surface area contributed by atoms with Crippen molar-refractivity contribution in [2.75, 3.05) is 17.5 Å². The number of rotatable bonds is 10. The lowest BCUT2D eigenvalue weighted by atomic mass is 10.1. The molecule has 0 aliphatic rings. The Morgan fingerprint density at radius 1 is 0.868 bits per heavy atom. The van der Waals surface area contributed by atoms with Crippen molar-refractivity contribution in [1.82, 2.24) is 5.32 Å². The molecule has 0 spiro atoms. The number of carbonyl (C=O) groups is 1. The third-order valence-electron chi connectivity index (χ3n) is 5.75. The van der Waals surface area contributed by atoms with Gasteiger partial charge in [0.2, 0.25) is 0 Å². The van der Waals surface area contributed by atoms with E-state index in [2.05, 4.69) is 5.32 Å². The van der Waals surface area contributed by atoms with Gasteiger partial charge in [0.25, 0.3) is 15.9 Å². The number of sulfonamides is 1. The van der Waals surface area contributed by atoms with Gasteiger partial charge < -0.3 is 10.1 Å². The summed E-state index contributed by atoms with van der Waals surface area (Å²) in [7, 11) is -4.02. The maximum absolute atomic E-state index is 13.9. The number of amides is 1. The number of anilines is 1. The van der Waals surface area contributed by atoms with Gasteiger partial charge >= 0.3 is 0 Å². The third-order valence-corrected chi connectivity index (χ3v) is 8.09. The number of carbonyl (C=O) groups excluding carboxylic acids is 1. The van der Waals surface area contributed by atoms with E-state index in [9.17, 15) is 13.2 Å². The first-order valence-electron chi connectivity index (χ1n) is 11.8. The molecule has 1 N–H and O–H groups in total. The zero-order chi connectivity index (χ0) is 27.1. The monoisotopic (exact) mass is 568 g/mol. The van der Waals surface area contributed by atoms with E-state index in [0.717, 1.165) is 5.56 Å². The number of hydrogen-bond acceptors (Lipinski definition) is 4. The zero-order valence-corrected chi connectivity index (χ0v) is 22.9. The smallest absolute Gasteiger partial charge is 0.264 e. The van der Waals surface area contributed by atoms with Crippen molar-refractivity contribution in [3.8, 4) is 5.75 Å². The van der Waals surface area contributed by atoms with Gasteiger partial charge in [-0.1, -0.05) is 77.3 Å². The Labute approximate surface area is 232 Å². The quantitative estimate of drug-likeness (QED) is 0.221. The molecule has 38 heavy (non-hydrogen) atoms. The Kier molecular flexibility index (Phi) is 8.94. The van der Waals surface area contributed by atoms with Crippen molar-refractivity contribution < 1.29 is 17.9 Å². The van der Waals surface area contributed by atoms with Crippen molar-refractivity contribution in [3.05, 3.63) is 124 Å². The van der Waals surface area contributed by atoms with E-state index in [1.165, 1.54) is 4.31 Å². The number of aryl methyl sites for hydroxylation is 1. The second kappa shape index (κ2) is 12.3. The highest BCUT2D eigenvalue weighted by atomic mass is 35.5. The van der Waals surface area contributed by atoms with Gasteiger partial charge in [-0.15, -0.1) is 0 Å². The summed E-state index contributed by atoms with van der Waals surface area (Å²) in [5, 5.41) is 3.83. The lowest BCUT2D eigenvalue weighted by molar-refractivity contribution is 0.0947. The minimum Gasteiger partial charge on any atom is -0.490 e. The Hall–Kier alpha value is -3.52. The molecule has 6 nitrogen and oxygen atoms in total. The molecule has 0 saturated carbocycles. The summed E-state index contributed by atoms with van der Waals surface area (Å²) in [6.45, 7) is 2.28. The Balaban J connectivity index is 1.61. The molecule has 0 radical (unpaired) electrons. The molecule has 1 amide bonds. The average molecular weight is 570 g/mol. The summed E-state index contributed by atoms with van der Waals surface area (Å²) < 4.78 is 34.6. The second-order valence-electron chi connectivity index (χ2n) is 8.50. The predicted octanol–water partition coefficient (Wildman–Crippen LogP) is 6.51. The van der Waals surface area contributed by atoms with Crippen LogP contribution in [0.2, 0.25) is 10.0 Å². The number of para-hydroxylation sites is 2. The number of nitrogens with zero attached hydrogens (tertiary/aromatic N) is 1. The summed E-state index contributed by atoms with van der Waals surface area (Å²) in [5.41, 5.74) is 2.13. The molecule has 4 rings (SSSR count). The summed E-state index contributed by atoms with van der Waals surface area (Å²) >= 11 is 12.2. The fraction of sp³-hybridized carbons (Fsp3) is 0.138. The summed E-state index contributed by atoms with van der Waals surface area (Å²) in [4.78, 5) is 13.3. The van der Waals surface area contributed by atoms with Crippen LogP contribution in [-0.4, -0.2) is 27.5 Å². The van der Waals surface area contributed by atoms with Crippen molar-refractivity contribution in [3.63, 3.8) is 0 Å². The van der Waals surface area contributed by atoms with Crippen LogP contribution in [0.4, 0.5) is 5.69 Å². The molecule has 0 aliphatic heterocycles. The highest BCUT2D eigenvalue weighted by Gasteiger charge is 2.28. The Bertz CT molecular complexity index is 1510. The normalized spacial score (nSPS) is 11.1. The van der Waals surface area contributed by atoms with Crippen LogP contribution in [0.15, 0.2) is 102 Å². The molecule has 0 aliphatic carbocycles. The van der Waals surface area contributed by atoms with Crippen molar-refractivity contribution in [1.29, 1.82) is 0 Å². The number of hydrogen-bond donors (Lipinski definition) is 1. The van der Waals surface area contributed by atoms with Crippen molar-refractivity contribution >= 4 is 44.8 Å². The van der Waals surface area contributed by atoms with Crippen LogP contribution < -0.4 is 14.4 Å². The van der Waals surface area contributed by atoms with Crippen molar-refractivity contribution in [2.24, 2.45) is 0 Å². The molecule has 0 atom stereocenters. The van der Waals surface area contributed by atoms with E-state index in [1.807, 2.05) is 6.92 Å². The summed E-state index contributed by atoms with van der Waals surface area (Å²) in [5.74, 6) is 0.0886. The molecular weight excluding hydrogens is 543 g/mol. The van der Waals surface area contributed by atoms with Crippen LogP contribution in [0.25, 0.3) is 0 Å². The molecule has 4 aromatic carbocycles. The first kappa shape index (κ1) is 27.5. The van der Waals surface area contributed by atoms with Crippen LogP contribution in [-0.2, 0) is 16.6 Å². The second-order valence-corrected chi connectivity index (χ2v) is 11.2. The number of benzene rings is 4. The highest BCUT2D eigenvalue weighted by molar-refractivity contribution is 7.92. The third kappa shape index (κ3) is 6.67. The highest BCUT2D eigenvalue weighted by Crippen LogP contribution is 2.30. The van der Waals surface area contributed by atoms with Gasteiger partial charge in [0.05, 0.1) is 34.3 Å². The lowest BCUT2D eigenvalue weighted by Gasteiger charge is -2.27. The van der Waals surface area contributed by atoms with E-state index >= 15 is 0 Å². The van der Waals surface area contributed by atoms with Crippen LogP contribution in [0.3, 0.4) is 0 Å². The number of ether oxygens (including phenoxy) is 1. The molecule has 0 heterocycles. The maximum Gasteiger partial charge on any atom is 0.264 e. The summed E-state index contributed by atoms with van der Waals surface area (Å²) in [6, 6.07) is 27.2. The topological polar surface area (TPSA) is 75.7 Å². The van der Waals surface area contributed by atoms with Gasteiger partial charge in [-0.2, -0.15) is 0 Å². The van der Waals surface area contributed by atoms with Gasteiger partial charge in [-0.05, 0) is 61.0 Å². The zero-order valence-electron chi connectivity index (χ0n) is 20.6. The molecule has 196 valence electrons.